The zero-order valence-corrected chi connectivity index (χ0v) is 14.4. The molecule has 1 aliphatic heterocycles. The number of hydrogen-bond acceptors (Lipinski definition) is 4. The van der Waals surface area contributed by atoms with Crippen LogP contribution in [0.5, 0.6) is 11.5 Å². The van der Waals surface area contributed by atoms with E-state index in [2.05, 4.69) is 4.98 Å². The average molecular weight is 330 g/mol. The van der Waals surface area contributed by atoms with Crippen molar-refractivity contribution in [2.45, 2.75) is 51.0 Å². The van der Waals surface area contributed by atoms with E-state index in [0.717, 1.165) is 38.8 Å². The molecule has 0 atom stereocenters. The SMILES string of the molecule is COc1cnc(C=CC(=O)N2CCCCC2)cc1OC1CCCC1. The van der Waals surface area contributed by atoms with Crippen molar-refractivity contribution in [1.29, 1.82) is 0 Å². The minimum atomic E-state index is 0.0607. The summed E-state index contributed by atoms with van der Waals surface area (Å²) < 4.78 is 11.4. The maximum atomic E-state index is 12.2. The van der Waals surface area contributed by atoms with Crippen molar-refractivity contribution in [3.8, 4) is 11.5 Å². The van der Waals surface area contributed by atoms with Crippen LogP contribution in [0.1, 0.15) is 50.6 Å². The molecular weight excluding hydrogens is 304 g/mol. The second-order valence-corrected chi connectivity index (χ2v) is 6.50. The smallest absolute Gasteiger partial charge is 0.246 e. The molecule has 130 valence electrons. The van der Waals surface area contributed by atoms with Gasteiger partial charge in [0.2, 0.25) is 5.91 Å². The van der Waals surface area contributed by atoms with E-state index in [9.17, 15) is 4.79 Å². The Labute approximate surface area is 143 Å². The molecule has 2 aliphatic rings. The van der Waals surface area contributed by atoms with Gasteiger partial charge in [-0.2, -0.15) is 0 Å². The van der Waals surface area contributed by atoms with Crippen LogP contribution in [0.3, 0.4) is 0 Å². The third-order valence-corrected chi connectivity index (χ3v) is 4.73. The summed E-state index contributed by atoms with van der Waals surface area (Å²) in [7, 11) is 1.62. The number of carbonyl (C=O) groups excluding carboxylic acids is 1. The number of pyridine rings is 1. The molecule has 0 bridgehead atoms. The van der Waals surface area contributed by atoms with Gasteiger partial charge in [-0.3, -0.25) is 9.78 Å². The van der Waals surface area contributed by atoms with E-state index in [1.165, 1.54) is 19.3 Å². The number of ether oxygens (including phenoxy) is 2. The van der Waals surface area contributed by atoms with Crippen LogP contribution in [0.4, 0.5) is 0 Å². The molecule has 24 heavy (non-hydrogen) atoms. The van der Waals surface area contributed by atoms with Crippen molar-refractivity contribution in [1.82, 2.24) is 9.88 Å². The van der Waals surface area contributed by atoms with Gasteiger partial charge in [-0.1, -0.05) is 0 Å². The minimum Gasteiger partial charge on any atom is -0.491 e. The van der Waals surface area contributed by atoms with Crippen LogP contribution in [-0.2, 0) is 4.79 Å². The van der Waals surface area contributed by atoms with Gasteiger partial charge >= 0.3 is 0 Å². The normalized spacial score (nSPS) is 19.0. The van der Waals surface area contributed by atoms with Crippen molar-refractivity contribution in [2.75, 3.05) is 20.2 Å². The largest absolute Gasteiger partial charge is 0.491 e. The van der Waals surface area contributed by atoms with Crippen LogP contribution in [0.2, 0.25) is 0 Å². The molecule has 1 saturated heterocycles. The molecule has 1 aromatic rings. The van der Waals surface area contributed by atoms with Crippen molar-refractivity contribution in [3.63, 3.8) is 0 Å². The van der Waals surface area contributed by atoms with E-state index < -0.39 is 0 Å². The quantitative estimate of drug-likeness (QED) is 0.776. The molecule has 1 saturated carbocycles. The highest BCUT2D eigenvalue weighted by molar-refractivity contribution is 5.91. The zero-order valence-electron chi connectivity index (χ0n) is 14.4. The number of likely N-dealkylation sites (tertiary alicyclic amines) is 1. The predicted octanol–water partition coefficient (Wildman–Crippen LogP) is 3.44. The maximum Gasteiger partial charge on any atom is 0.246 e. The van der Waals surface area contributed by atoms with Crippen LogP contribution >= 0.6 is 0 Å². The molecule has 0 N–H and O–H groups in total. The molecule has 3 rings (SSSR count). The topological polar surface area (TPSA) is 51.7 Å². The first-order chi connectivity index (χ1) is 11.8. The zero-order chi connectivity index (χ0) is 16.8. The van der Waals surface area contributed by atoms with E-state index in [1.54, 1.807) is 25.5 Å². The highest BCUT2D eigenvalue weighted by Gasteiger charge is 2.19. The number of aromatic nitrogens is 1. The third-order valence-electron chi connectivity index (χ3n) is 4.73. The van der Waals surface area contributed by atoms with Gasteiger partial charge in [-0.15, -0.1) is 0 Å². The van der Waals surface area contributed by atoms with Gasteiger partial charge in [0.1, 0.15) is 0 Å². The third kappa shape index (κ3) is 4.28. The monoisotopic (exact) mass is 330 g/mol. The predicted molar refractivity (Wildman–Crippen MR) is 93.1 cm³/mol. The average Bonchev–Trinajstić information content (AvgIpc) is 3.13. The number of amides is 1. The van der Waals surface area contributed by atoms with E-state index in [0.29, 0.717) is 17.2 Å². The Kier molecular flexibility index (Phi) is 5.72. The summed E-state index contributed by atoms with van der Waals surface area (Å²) in [5, 5.41) is 0. The lowest BCUT2D eigenvalue weighted by Crippen LogP contribution is -2.34. The molecule has 0 spiro atoms. The minimum absolute atomic E-state index is 0.0607. The first kappa shape index (κ1) is 16.8. The summed E-state index contributed by atoms with van der Waals surface area (Å²) in [5.74, 6) is 1.41. The van der Waals surface area contributed by atoms with Gasteiger partial charge in [-0.25, -0.2) is 0 Å². The molecule has 0 unspecified atom stereocenters. The molecule has 2 fully saturated rings. The van der Waals surface area contributed by atoms with Crippen molar-refractivity contribution >= 4 is 12.0 Å². The Morgan fingerprint density at radius 2 is 1.92 bits per heavy atom. The molecule has 1 amide bonds. The summed E-state index contributed by atoms with van der Waals surface area (Å²) in [4.78, 5) is 18.5. The number of rotatable bonds is 5. The van der Waals surface area contributed by atoms with Gasteiger partial charge in [0.05, 0.1) is 25.1 Å². The van der Waals surface area contributed by atoms with Crippen LogP contribution in [0, 0.1) is 0 Å². The fourth-order valence-corrected chi connectivity index (χ4v) is 3.34. The molecule has 1 aromatic heterocycles. The number of carbonyl (C=O) groups is 1. The van der Waals surface area contributed by atoms with E-state index in [4.69, 9.17) is 9.47 Å². The lowest BCUT2D eigenvalue weighted by atomic mass is 10.1. The second kappa shape index (κ2) is 8.18. The second-order valence-electron chi connectivity index (χ2n) is 6.50. The maximum absolute atomic E-state index is 12.2. The van der Waals surface area contributed by atoms with Crippen LogP contribution in [-0.4, -0.2) is 42.1 Å². The Balaban J connectivity index is 1.68. The fourth-order valence-electron chi connectivity index (χ4n) is 3.34. The molecule has 0 aromatic carbocycles. The Morgan fingerprint density at radius 3 is 2.62 bits per heavy atom. The Morgan fingerprint density at radius 1 is 1.17 bits per heavy atom. The summed E-state index contributed by atoms with van der Waals surface area (Å²) in [6, 6.07) is 1.86. The lowest BCUT2D eigenvalue weighted by Gasteiger charge is -2.25. The number of methoxy groups -OCH3 is 1. The van der Waals surface area contributed by atoms with Crippen molar-refractivity contribution in [2.24, 2.45) is 0 Å². The van der Waals surface area contributed by atoms with Gasteiger partial charge in [0.25, 0.3) is 0 Å². The highest BCUT2D eigenvalue weighted by atomic mass is 16.5. The first-order valence-corrected chi connectivity index (χ1v) is 8.94. The summed E-state index contributed by atoms with van der Waals surface area (Å²) in [6.07, 6.45) is 13.3. The summed E-state index contributed by atoms with van der Waals surface area (Å²) in [6.45, 7) is 1.71. The number of piperidine rings is 1. The number of hydrogen-bond donors (Lipinski definition) is 0. The van der Waals surface area contributed by atoms with Gasteiger partial charge in [0, 0.05) is 25.2 Å². The molecule has 2 heterocycles. The molecular formula is C19H26N2O3. The Bertz CT molecular complexity index is 588. The molecule has 5 heteroatoms. The van der Waals surface area contributed by atoms with E-state index in [-0.39, 0.29) is 12.0 Å². The van der Waals surface area contributed by atoms with E-state index >= 15 is 0 Å². The first-order valence-electron chi connectivity index (χ1n) is 8.94. The molecule has 5 nitrogen and oxygen atoms in total. The van der Waals surface area contributed by atoms with Crippen LogP contribution < -0.4 is 9.47 Å². The van der Waals surface area contributed by atoms with Gasteiger partial charge in [-0.05, 0) is 51.0 Å². The molecule has 0 radical (unpaired) electrons. The van der Waals surface area contributed by atoms with Crippen LogP contribution in [0.15, 0.2) is 18.3 Å². The lowest BCUT2D eigenvalue weighted by molar-refractivity contribution is -0.126. The molecule has 1 aliphatic carbocycles. The van der Waals surface area contributed by atoms with E-state index in [1.807, 2.05) is 11.0 Å². The van der Waals surface area contributed by atoms with Crippen LogP contribution in [0.25, 0.3) is 6.08 Å². The summed E-state index contributed by atoms with van der Waals surface area (Å²) >= 11 is 0. The van der Waals surface area contributed by atoms with Crippen molar-refractivity contribution in [3.05, 3.63) is 24.0 Å². The highest BCUT2D eigenvalue weighted by Crippen LogP contribution is 2.31. The standard InChI is InChI=1S/C19H26N2O3/c1-23-18-14-20-15(13-17(18)24-16-7-3-4-8-16)9-10-19(22)21-11-5-2-6-12-21/h9-10,13-14,16H,2-8,11-12H2,1H3. The summed E-state index contributed by atoms with van der Waals surface area (Å²) in [5.41, 5.74) is 0.717. The fraction of sp³-hybridized carbons (Fsp3) is 0.579. The Hall–Kier alpha value is -2.04. The van der Waals surface area contributed by atoms with Gasteiger partial charge in [0.15, 0.2) is 11.5 Å². The number of nitrogens with zero attached hydrogens (tertiary/aromatic N) is 2. The van der Waals surface area contributed by atoms with Crippen molar-refractivity contribution < 1.29 is 14.3 Å². The van der Waals surface area contributed by atoms with Gasteiger partial charge < -0.3 is 14.4 Å².